The zero-order chi connectivity index (χ0) is 21.5. The molecule has 2 aromatic carbocycles. The number of hydrogen-bond acceptors (Lipinski definition) is 5. The number of hydrogen-bond donors (Lipinski definition) is 0. The van der Waals surface area contributed by atoms with Crippen molar-refractivity contribution in [2.75, 3.05) is 19.8 Å². The van der Waals surface area contributed by atoms with Gasteiger partial charge in [-0.1, -0.05) is 30.3 Å². The Morgan fingerprint density at radius 2 is 1.81 bits per heavy atom. The van der Waals surface area contributed by atoms with Gasteiger partial charge in [-0.3, -0.25) is 4.90 Å². The van der Waals surface area contributed by atoms with E-state index in [-0.39, 0.29) is 0 Å². The number of aryl methyl sites for hydroxylation is 1. The Bertz CT molecular complexity index is 1260. The van der Waals surface area contributed by atoms with E-state index in [2.05, 4.69) is 63.5 Å². The molecule has 32 heavy (non-hydrogen) atoms. The molecule has 4 aromatic rings. The van der Waals surface area contributed by atoms with Gasteiger partial charge in [0, 0.05) is 29.9 Å². The van der Waals surface area contributed by atoms with Gasteiger partial charge in [-0.25, -0.2) is 9.50 Å². The van der Waals surface area contributed by atoms with Gasteiger partial charge >= 0.3 is 0 Å². The molecular weight excluding hydrogens is 400 g/mol. The number of likely N-dealkylation sites (tertiary alicyclic amines) is 1. The summed E-state index contributed by atoms with van der Waals surface area (Å²) in [6.07, 6.45) is 4.18. The van der Waals surface area contributed by atoms with Crippen LogP contribution in [0.1, 0.15) is 35.7 Å². The summed E-state index contributed by atoms with van der Waals surface area (Å²) >= 11 is 0. The average molecular weight is 427 g/mol. The summed E-state index contributed by atoms with van der Waals surface area (Å²) in [6.45, 7) is 5.32. The van der Waals surface area contributed by atoms with Gasteiger partial charge in [0.25, 0.3) is 0 Å². The minimum atomic E-state index is 0.414. The molecule has 6 heteroatoms. The van der Waals surface area contributed by atoms with Gasteiger partial charge in [0.05, 0.1) is 11.9 Å². The Labute approximate surface area is 187 Å². The van der Waals surface area contributed by atoms with E-state index in [9.17, 15) is 0 Å². The average Bonchev–Trinajstić information content (AvgIpc) is 3.48. The molecule has 1 fully saturated rings. The quantitative estimate of drug-likeness (QED) is 0.469. The Kier molecular flexibility index (Phi) is 4.80. The predicted octanol–water partition coefficient (Wildman–Crippen LogP) is 4.81. The smallest absolute Gasteiger partial charge is 0.161 e. The second kappa shape index (κ2) is 7.95. The second-order valence-electron chi connectivity index (χ2n) is 8.61. The van der Waals surface area contributed by atoms with Crippen molar-refractivity contribution >= 4 is 5.65 Å². The highest BCUT2D eigenvalue weighted by molar-refractivity contribution is 5.63. The van der Waals surface area contributed by atoms with Crippen LogP contribution in [-0.2, 0) is 6.54 Å². The normalized spacial score (nSPS) is 18.3. The van der Waals surface area contributed by atoms with Gasteiger partial charge in [0.1, 0.15) is 13.2 Å². The van der Waals surface area contributed by atoms with Crippen molar-refractivity contribution in [2.45, 2.75) is 32.4 Å². The van der Waals surface area contributed by atoms with Gasteiger partial charge in [-0.2, -0.15) is 5.10 Å². The van der Waals surface area contributed by atoms with Gasteiger partial charge in [0.15, 0.2) is 17.1 Å². The Morgan fingerprint density at radius 3 is 2.69 bits per heavy atom. The zero-order valence-electron chi connectivity index (χ0n) is 18.2. The van der Waals surface area contributed by atoms with Crippen LogP contribution in [0, 0.1) is 6.92 Å². The van der Waals surface area contributed by atoms with Crippen LogP contribution in [0.25, 0.3) is 16.9 Å². The summed E-state index contributed by atoms with van der Waals surface area (Å²) in [5, 5.41) is 4.44. The molecule has 4 heterocycles. The standard InChI is InChI=1S/C26H26N4O2/c1-18-15-23(30-26(28-18)10-11-27-30)20-6-4-19(5-7-20)17-29-12-2-3-22(29)21-8-9-24-25(16-21)32-14-13-31-24/h4-11,15-16,22H,2-3,12-14,17H2,1H3. The molecule has 2 aliphatic heterocycles. The summed E-state index contributed by atoms with van der Waals surface area (Å²) in [7, 11) is 0. The van der Waals surface area contributed by atoms with Crippen molar-refractivity contribution in [3.05, 3.63) is 77.6 Å². The molecule has 0 bridgehead atoms. The lowest BCUT2D eigenvalue weighted by Gasteiger charge is -2.26. The SMILES string of the molecule is Cc1cc(-c2ccc(CN3CCCC3c3ccc4c(c3)OCCO4)cc2)n2nccc2n1. The number of ether oxygens (including phenoxy) is 2. The van der Waals surface area contributed by atoms with Crippen molar-refractivity contribution in [2.24, 2.45) is 0 Å². The van der Waals surface area contributed by atoms with Crippen molar-refractivity contribution in [3.8, 4) is 22.8 Å². The Hall–Kier alpha value is -3.38. The van der Waals surface area contributed by atoms with E-state index in [0.29, 0.717) is 19.3 Å². The number of aromatic nitrogens is 3. The van der Waals surface area contributed by atoms with Crippen LogP contribution in [0.5, 0.6) is 11.5 Å². The summed E-state index contributed by atoms with van der Waals surface area (Å²) in [4.78, 5) is 7.12. The lowest BCUT2D eigenvalue weighted by atomic mass is 10.0. The third-order valence-electron chi connectivity index (χ3n) is 6.44. The van der Waals surface area contributed by atoms with Gasteiger partial charge < -0.3 is 9.47 Å². The summed E-state index contributed by atoms with van der Waals surface area (Å²) < 4.78 is 13.4. The number of rotatable bonds is 4. The lowest BCUT2D eigenvalue weighted by Crippen LogP contribution is -2.23. The lowest BCUT2D eigenvalue weighted by molar-refractivity contribution is 0.170. The predicted molar refractivity (Wildman–Crippen MR) is 123 cm³/mol. The first kappa shape index (κ1) is 19.3. The van der Waals surface area contributed by atoms with Crippen LogP contribution in [0.2, 0.25) is 0 Å². The van der Waals surface area contributed by atoms with E-state index in [1.807, 2.05) is 17.5 Å². The van der Waals surface area contributed by atoms with Crippen LogP contribution < -0.4 is 9.47 Å². The van der Waals surface area contributed by atoms with E-state index < -0.39 is 0 Å². The van der Waals surface area contributed by atoms with E-state index in [1.165, 1.54) is 24.0 Å². The van der Waals surface area contributed by atoms with Crippen molar-refractivity contribution in [1.82, 2.24) is 19.5 Å². The Balaban J connectivity index is 1.23. The fraction of sp³-hybridized carbons (Fsp3) is 0.308. The largest absolute Gasteiger partial charge is 0.486 e. The molecule has 0 amide bonds. The first-order valence-corrected chi connectivity index (χ1v) is 11.3. The van der Waals surface area contributed by atoms with E-state index in [1.54, 1.807) is 6.20 Å². The molecule has 0 saturated carbocycles. The van der Waals surface area contributed by atoms with Crippen LogP contribution in [0.4, 0.5) is 0 Å². The van der Waals surface area contributed by atoms with E-state index in [0.717, 1.165) is 47.2 Å². The second-order valence-corrected chi connectivity index (χ2v) is 8.61. The molecule has 6 rings (SSSR count). The summed E-state index contributed by atoms with van der Waals surface area (Å²) in [6, 6.07) is 19.7. The maximum atomic E-state index is 5.81. The van der Waals surface area contributed by atoms with Crippen LogP contribution in [-0.4, -0.2) is 39.3 Å². The third kappa shape index (κ3) is 3.50. The summed E-state index contributed by atoms with van der Waals surface area (Å²) in [5.41, 5.74) is 6.73. The first-order chi connectivity index (χ1) is 15.7. The van der Waals surface area contributed by atoms with E-state index >= 15 is 0 Å². The monoisotopic (exact) mass is 426 g/mol. The van der Waals surface area contributed by atoms with Crippen molar-refractivity contribution in [1.29, 1.82) is 0 Å². The highest BCUT2D eigenvalue weighted by Gasteiger charge is 2.27. The molecule has 2 aliphatic rings. The molecule has 0 N–H and O–H groups in total. The van der Waals surface area contributed by atoms with Crippen LogP contribution in [0.3, 0.4) is 0 Å². The fourth-order valence-corrected chi connectivity index (χ4v) is 4.92. The molecule has 1 saturated heterocycles. The molecular formula is C26H26N4O2. The maximum absolute atomic E-state index is 5.81. The fourth-order valence-electron chi connectivity index (χ4n) is 4.92. The summed E-state index contributed by atoms with van der Waals surface area (Å²) in [5.74, 6) is 1.74. The van der Waals surface area contributed by atoms with Crippen molar-refractivity contribution in [3.63, 3.8) is 0 Å². The maximum Gasteiger partial charge on any atom is 0.161 e. The molecule has 1 unspecified atom stereocenters. The molecule has 0 radical (unpaired) electrons. The number of benzene rings is 2. The zero-order valence-corrected chi connectivity index (χ0v) is 18.2. The number of nitrogens with zero attached hydrogens (tertiary/aromatic N) is 4. The highest BCUT2D eigenvalue weighted by Crippen LogP contribution is 2.38. The molecule has 0 aliphatic carbocycles. The molecule has 0 spiro atoms. The van der Waals surface area contributed by atoms with Crippen LogP contribution in [0.15, 0.2) is 60.8 Å². The van der Waals surface area contributed by atoms with Crippen LogP contribution >= 0.6 is 0 Å². The van der Waals surface area contributed by atoms with E-state index in [4.69, 9.17) is 9.47 Å². The number of fused-ring (bicyclic) bond motifs is 2. The topological polar surface area (TPSA) is 51.9 Å². The minimum Gasteiger partial charge on any atom is -0.486 e. The van der Waals surface area contributed by atoms with Gasteiger partial charge in [0.2, 0.25) is 0 Å². The van der Waals surface area contributed by atoms with Gasteiger partial charge in [-0.05, 0) is 55.6 Å². The molecule has 2 aromatic heterocycles. The highest BCUT2D eigenvalue weighted by atomic mass is 16.6. The van der Waals surface area contributed by atoms with Gasteiger partial charge in [-0.15, -0.1) is 0 Å². The minimum absolute atomic E-state index is 0.414. The molecule has 1 atom stereocenters. The Morgan fingerprint density at radius 1 is 0.969 bits per heavy atom. The first-order valence-electron chi connectivity index (χ1n) is 11.3. The van der Waals surface area contributed by atoms with Crippen molar-refractivity contribution < 1.29 is 9.47 Å². The molecule has 6 nitrogen and oxygen atoms in total. The molecule has 162 valence electrons. The third-order valence-corrected chi connectivity index (χ3v) is 6.44.